The van der Waals surface area contributed by atoms with Crippen molar-refractivity contribution in [1.29, 1.82) is 0 Å². The van der Waals surface area contributed by atoms with Crippen LogP contribution < -0.4 is 15.0 Å². The molecule has 0 saturated carbocycles. The molecule has 28 heavy (non-hydrogen) atoms. The second kappa shape index (κ2) is 7.99. The predicted octanol–water partition coefficient (Wildman–Crippen LogP) is 3.14. The molecule has 10 heteroatoms. The van der Waals surface area contributed by atoms with Crippen molar-refractivity contribution in [3.8, 4) is 17.0 Å². The Morgan fingerprint density at radius 1 is 1.32 bits per heavy atom. The number of halogens is 4. The lowest BCUT2D eigenvalue weighted by Crippen LogP contribution is -2.29. The van der Waals surface area contributed by atoms with E-state index >= 15 is 0 Å². The van der Waals surface area contributed by atoms with Gasteiger partial charge in [-0.3, -0.25) is 4.79 Å². The van der Waals surface area contributed by atoms with Gasteiger partial charge in [0.25, 0.3) is 0 Å². The Balaban J connectivity index is 1.73. The van der Waals surface area contributed by atoms with Gasteiger partial charge in [0.2, 0.25) is 5.91 Å². The number of carbonyl (C=O) groups excluding carboxylic acids is 1. The van der Waals surface area contributed by atoms with E-state index in [0.717, 1.165) is 25.1 Å². The zero-order chi connectivity index (χ0) is 20.3. The molecule has 3 rings (SSSR count). The SMILES string of the molecule is CC(=O)NCC1CCN(c2cc(-c3ccc(OC(F)(F)F)c(F)c3)ncn2)C1. The number of rotatable bonds is 5. The minimum absolute atomic E-state index is 0.0808. The van der Waals surface area contributed by atoms with E-state index in [1.807, 2.05) is 4.90 Å². The smallest absolute Gasteiger partial charge is 0.403 e. The van der Waals surface area contributed by atoms with E-state index in [2.05, 4.69) is 20.0 Å². The Kier molecular flexibility index (Phi) is 5.66. The van der Waals surface area contributed by atoms with Crippen LogP contribution in [0.2, 0.25) is 0 Å². The maximum Gasteiger partial charge on any atom is 0.573 e. The van der Waals surface area contributed by atoms with Crippen LogP contribution in [0.4, 0.5) is 23.4 Å². The van der Waals surface area contributed by atoms with Crippen molar-refractivity contribution in [2.24, 2.45) is 5.92 Å². The van der Waals surface area contributed by atoms with Gasteiger partial charge in [0.05, 0.1) is 5.69 Å². The largest absolute Gasteiger partial charge is 0.573 e. The zero-order valence-corrected chi connectivity index (χ0v) is 15.0. The summed E-state index contributed by atoms with van der Waals surface area (Å²) < 4.78 is 54.4. The molecule has 1 fully saturated rings. The number of amides is 1. The van der Waals surface area contributed by atoms with Crippen molar-refractivity contribution in [2.75, 3.05) is 24.5 Å². The Bertz CT molecular complexity index is 860. The summed E-state index contributed by atoms with van der Waals surface area (Å²) in [5.74, 6) is -1.19. The predicted molar refractivity (Wildman–Crippen MR) is 93.1 cm³/mol. The van der Waals surface area contributed by atoms with Crippen LogP contribution in [-0.2, 0) is 4.79 Å². The summed E-state index contributed by atoms with van der Waals surface area (Å²) in [5, 5.41) is 2.79. The fraction of sp³-hybridized carbons (Fsp3) is 0.389. The third-order valence-corrected chi connectivity index (χ3v) is 4.36. The van der Waals surface area contributed by atoms with Crippen molar-refractivity contribution in [1.82, 2.24) is 15.3 Å². The normalized spacial score (nSPS) is 16.9. The van der Waals surface area contributed by atoms with Crippen LogP contribution in [0.25, 0.3) is 11.3 Å². The Morgan fingerprint density at radius 2 is 2.11 bits per heavy atom. The monoisotopic (exact) mass is 398 g/mol. The molecular formula is C18H18F4N4O2. The lowest BCUT2D eigenvalue weighted by molar-refractivity contribution is -0.275. The van der Waals surface area contributed by atoms with E-state index in [-0.39, 0.29) is 5.91 Å². The lowest BCUT2D eigenvalue weighted by atomic mass is 10.1. The minimum Gasteiger partial charge on any atom is -0.403 e. The molecule has 1 N–H and O–H groups in total. The Labute approximate surface area is 158 Å². The third kappa shape index (κ3) is 5.08. The summed E-state index contributed by atoms with van der Waals surface area (Å²) in [6.07, 6.45) is -2.75. The van der Waals surface area contributed by atoms with E-state index in [1.165, 1.54) is 19.3 Å². The fourth-order valence-electron chi connectivity index (χ4n) is 3.04. The highest BCUT2D eigenvalue weighted by molar-refractivity contribution is 5.72. The van der Waals surface area contributed by atoms with Crippen LogP contribution in [0.3, 0.4) is 0 Å². The van der Waals surface area contributed by atoms with Gasteiger partial charge in [-0.2, -0.15) is 0 Å². The van der Waals surface area contributed by atoms with E-state index in [1.54, 1.807) is 6.07 Å². The molecule has 150 valence electrons. The molecule has 1 aromatic carbocycles. The molecule has 0 aliphatic carbocycles. The molecule has 1 atom stereocenters. The van der Waals surface area contributed by atoms with Crippen LogP contribution >= 0.6 is 0 Å². The van der Waals surface area contributed by atoms with Gasteiger partial charge in [-0.15, -0.1) is 13.2 Å². The molecule has 1 amide bonds. The van der Waals surface area contributed by atoms with E-state index < -0.39 is 17.9 Å². The first-order chi connectivity index (χ1) is 13.2. The van der Waals surface area contributed by atoms with Crippen LogP contribution in [0.5, 0.6) is 5.75 Å². The molecule has 6 nitrogen and oxygen atoms in total. The highest BCUT2D eigenvalue weighted by atomic mass is 19.4. The van der Waals surface area contributed by atoms with Gasteiger partial charge in [-0.05, 0) is 30.5 Å². The van der Waals surface area contributed by atoms with E-state index in [0.29, 0.717) is 36.1 Å². The Morgan fingerprint density at radius 3 is 2.79 bits per heavy atom. The van der Waals surface area contributed by atoms with Crippen LogP contribution in [-0.4, -0.2) is 41.9 Å². The van der Waals surface area contributed by atoms with Gasteiger partial charge in [0.1, 0.15) is 12.1 Å². The number of alkyl halides is 3. The second-order valence-electron chi connectivity index (χ2n) is 6.49. The van der Waals surface area contributed by atoms with Crippen molar-refractivity contribution in [3.05, 3.63) is 36.4 Å². The third-order valence-electron chi connectivity index (χ3n) is 4.36. The number of hydrogen-bond acceptors (Lipinski definition) is 5. The highest BCUT2D eigenvalue weighted by Gasteiger charge is 2.32. The van der Waals surface area contributed by atoms with Gasteiger partial charge >= 0.3 is 6.36 Å². The molecule has 1 aliphatic rings. The number of hydrogen-bond donors (Lipinski definition) is 1. The highest BCUT2D eigenvalue weighted by Crippen LogP contribution is 2.30. The number of anilines is 1. The summed E-state index contributed by atoms with van der Waals surface area (Å²) in [7, 11) is 0. The summed E-state index contributed by atoms with van der Waals surface area (Å²) >= 11 is 0. The quantitative estimate of drug-likeness (QED) is 0.784. The average Bonchev–Trinajstić information content (AvgIpc) is 3.10. The first kappa shape index (κ1) is 19.8. The molecule has 2 aromatic rings. The summed E-state index contributed by atoms with van der Waals surface area (Å²) in [6.45, 7) is 3.49. The minimum atomic E-state index is -4.96. The van der Waals surface area contributed by atoms with Gasteiger partial charge in [0.15, 0.2) is 11.6 Å². The number of nitrogens with zero attached hydrogens (tertiary/aromatic N) is 3. The molecule has 0 bridgehead atoms. The van der Waals surface area contributed by atoms with Crippen LogP contribution in [0, 0.1) is 11.7 Å². The van der Waals surface area contributed by atoms with Gasteiger partial charge in [-0.25, -0.2) is 14.4 Å². The van der Waals surface area contributed by atoms with E-state index in [9.17, 15) is 22.4 Å². The first-order valence-corrected chi connectivity index (χ1v) is 8.58. The van der Waals surface area contributed by atoms with Gasteiger partial charge in [0, 0.05) is 38.2 Å². The molecule has 0 radical (unpaired) electrons. The van der Waals surface area contributed by atoms with Gasteiger partial charge in [-0.1, -0.05) is 0 Å². The van der Waals surface area contributed by atoms with Crippen LogP contribution in [0.15, 0.2) is 30.6 Å². The van der Waals surface area contributed by atoms with Crippen molar-refractivity contribution in [3.63, 3.8) is 0 Å². The van der Waals surface area contributed by atoms with Crippen molar-refractivity contribution >= 4 is 11.7 Å². The zero-order valence-electron chi connectivity index (χ0n) is 15.0. The topological polar surface area (TPSA) is 67.4 Å². The number of benzene rings is 1. The fourth-order valence-corrected chi connectivity index (χ4v) is 3.04. The molecule has 1 unspecified atom stereocenters. The molecule has 1 saturated heterocycles. The summed E-state index contributed by atoms with van der Waals surface area (Å²) in [5.41, 5.74) is 0.692. The van der Waals surface area contributed by atoms with Crippen molar-refractivity contribution in [2.45, 2.75) is 19.7 Å². The average molecular weight is 398 g/mol. The molecule has 1 aliphatic heterocycles. The lowest BCUT2D eigenvalue weighted by Gasteiger charge is -2.18. The number of carbonyl (C=O) groups is 1. The molecule has 0 spiro atoms. The van der Waals surface area contributed by atoms with Gasteiger partial charge < -0.3 is 15.0 Å². The number of aromatic nitrogens is 2. The maximum atomic E-state index is 14.0. The van der Waals surface area contributed by atoms with E-state index in [4.69, 9.17) is 0 Å². The number of nitrogens with one attached hydrogen (secondary N) is 1. The second-order valence-corrected chi connectivity index (χ2v) is 6.49. The number of ether oxygens (including phenoxy) is 1. The summed E-state index contributed by atoms with van der Waals surface area (Å²) in [6, 6.07) is 4.82. The summed E-state index contributed by atoms with van der Waals surface area (Å²) in [4.78, 5) is 21.4. The molecule has 2 heterocycles. The Hall–Kier alpha value is -2.91. The standard InChI is InChI=1S/C18H18F4N4O2/c1-11(27)23-8-12-4-5-26(9-12)17-7-15(24-10-25-17)13-2-3-16(14(19)6-13)28-18(20,21)22/h2-3,6-7,10,12H,4-5,8-9H2,1H3,(H,23,27). The maximum absolute atomic E-state index is 14.0. The van der Waals surface area contributed by atoms with Crippen LogP contribution in [0.1, 0.15) is 13.3 Å². The molecular weight excluding hydrogens is 380 g/mol. The first-order valence-electron chi connectivity index (χ1n) is 8.58. The van der Waals surface area contributed by atoms with Crippen molar-refractivity contribution < 1.29 is 27.1 Å². The molecule has 1 aromatic heterocycles.